The third-order valence-electron chi connectivity index (χ3n) is 4.17. The fourth-order valence-corrected chi connectivity index (χ4v) is 2.96. The second-order valence-electron chi connectivity index (χ2n) is 7.36. The van der Waals surface area contributed by atoms with Gasteiger partial charge in [-0.1, -0.05) is 5.92 Å². The van der Waals surface area contributed by atoms with Crippen LogP contribution in [0.3, 0.4) is 0 Å². The zero-order valence-corrected chi connectivity index (χ0v) is 16.3. The maximum Gasteiger partial charge on any atom is 0.289 e. The fraction of sp³-hybridized carbons (Fsp3) is 0.450. The van der Waals surface area contributed by atoms with E-state index in [9.17, 15) is 9.90 Å². The number of aromatic nitrogens is 2. The first kappa shape index (κ1) is 18.9. The highest BCUT2D eigenvalue weighted by Crippen LogP contribution is 2.26. The van der Waals surface area contributed by atoms with Gasteiger partial charge in [-0.05, 0) is 45.2 Å². The first-order chi connectivity index (χ1) is 12.6. The summed E-state index contributed by atoms with van der Waals surface area (Å²) in [6, 6.07) is 3.25. The van der Waals surface area contributed by atoms with Crippen molar-refractivity contribution in [2.24, 2.45) is 0 Å². The Bertz CT molecular complexity index is 929. The highest BCUT2D eigenvalue weighted by molar-refractivity contribution is 5.91. The van der Waals surface area contributed by atoms with Crippen LogP contribution in [-0.4, -0.2) is 52.1 Å². The molecule has 2 aromatic rings. The summed E-state index contributed by atoms with van der Waals surface area (Å²) in [7, 11) is 3.91. The maximum absolute atomic E-state index is 12.8. The van der Waals surface area contributed by atoms with Crippen LogP contribution in [0.5, 0.6) is 0 Å². The molecule has 27 heavy (non-hydrogen) atoms. The number of carbonyl (C=O) groups is 1. The number of furan rings is 1. The predicted molar refractivity (Wildman–Crippen MR) is 101 cm³/mol. The molecule has 2 aromatic heterocycles. The average molecular weight is 368 g/mol. The molecule has 7 nitrogen and oxygen atoms in total. The Labute approximate surface area is 159 Å². The first-order valence-corrected chi connectivity index (χ1v) is 8.82. The van der Waals surface area contributed by atoms with Gasteiger partial charge in [-0.3, -0.25) is 4.79 Å². The summed E-state index contributed by atoms with van der Waals surface area (Å²) in [5.41, 5.74) is 0.847. The lowest BCUT2D eigenvalue weighted by Gasteiger charge is -2.30. The minimum atomic E-state index is -1.12. The Morgan fingerprint density at radius 3 is 2.74 bits per heavy atom. The zero-order valence-electron chi connectivity index (χ0n) is 16.3. The largest absolute Gasteiger partial charge is 0.443 e. The third kappa shape index (κ3) is 4.29. The maximum atomic E-state index is 12.8. The van der Waals surface area contributed by atoms with Crippen LogP contribution in [0.4, 0.5) is 5.82 Å². The fourth-order valence-electron chi connectivity index (χ4n) is 2.96. The summed E-state index contributed by atoms with van der Waals surface area (Å²) in [6.45, 7) is 6.03. The van der Waals surface area contributed by atoms with Crippen LogP contribution >= 0.6 is 0 Å². The van der Waals surface area contributed by atoms with Crippen molar-refractivity contribution in [3.05, 3.63) is 40.7 Å². The normalized spacial score (nSPS) is 13.6. The molecule has 3 heterocycles. The lowest BCUT2D eigenvalue weighted by atomic mass is 10.0. The van der Waals surface area contributed by atoms with Crippen LogP contribution in [0, 0.1) is 18.8 Å². The number of aliphatic hydroxyl groups is 1. The van der Waals surface area contributed by atoms with Crippen molar-refractivity contribution < 1.29 is 14.3 Å². The second-order valence-corrected chi connectivity index (χ2v) is 7.36. The minimum absolute atomic E-state index is 0.195. The number of aryl methyl sites for hydroxylation is 1. The summed E-state index contributed by atoms with van der Waals surface area (Å²) in [5, 5.41) is 9.67. The van der Waals surface area contributed by atoms with Gasteiger partial charge in [-0.2, -0.15) is 0 Å². The number of amides is 1. The van der Waals surface area contributed by atoms with Gasteiger partial charge in [-0.15, -0.1) is 0 Å². The average Bonchev–Trinajstić information content (AvgIpc) is 3.06. The van der Waals surface area contributed by atoms with E-state index in [1.54, 1.807) is 30.9 Å². The van der Waals surface area contributed by atoms with Crippen molar-refractivity contribution in [2.45, 2.75) is 39.3 Å². The molecule has 3 rings (SSSR count). The van der Waals surface area contributed by atoms with Crippen LogP contribution in [0.25, 0.3) is 0 Å². The molecule has 0 unspecified atom stereocenters. The quantitative estimate of drug-likeness (QED) is 0.814. The molecule has 0 radical (unpaired) electrons. The summed E-state index contributed by atoms with van der Waals surface area (Å²) < 4.78 is 5.55. The van der Waals surface area contributed by atoms with Crippen LogP contribution in [0.1, 0.15) is 47.2 Å². The van der Waals surface area contributed by atoms with E-state index in [1.807, 2.05) is 25.9 Å². The Hall–Kier alpha value is -2.85. The summed E-state index contributed by atoms with van der Waals surface area (Å²) in [5.74, 6) is 7.40. The van der Waals surface area contributed by atoms with E-state index in [2.05, 4.69) is 21.8 Å². The Kier molecular flexibility index (Phi) is 4.94. The molecule has 0 saturated heterocycles. The van der Waals surface area contributed by atoms with E-state index in [1.165, 1.54) is 0 Å². The molecule has 0 aromatic carbocycles. The van der Waals surface area contributed by atoms with Gasteiger partial charge in [0.15, 0.2) is 11.5 Å². The zero-order chi connectivity index (χ0) is 19.8. The number of anilines is 1. The monoisotopic (exact) mass is 368 g/mol. The van der Waals surface area contributed by atoms with Gasteiger partial charge in [0.2, 0.25) is 0 Å². The lowest BCUT2D eigenvalue weighted by molar-refractivity contribution is 0.0698. The van der Waals surface area contributed by atoms with Gasteiger partial charge in [0.05, 0.1) is 12.2 Å². The number of fused-ring (bicyclic) bond motifs is 1. The standard InChI is InChI=1S/C20H24N4O3/c1-13-21-16-12-24(11-9-15(16)18(22-13)23(4)5)19(25)17-7-6-14(27-17)8-10-20(2,3)26/h6-7,26H,9,11-12H2,1-5H3. The second kappa shape index (κ2) is 7.05. The number of nitrogens with zero attached hydrogens (tertiary/aromatic N) is 4. The van der Waals surface area contributed by atoms with Crippen molar-refractivity contribution in [1.29, 1.82) is 0 Å². The van der Waals surface area contributed by atoms with Crippen molar-refractivity contribution in [3.63, 3.8) is 0 Å². The van der Waals surface area contributed by atoms with Gasteiger partial charge in [0.1, 0.15) is 17.2 Å². The van der Waals surface area contributed by atoms with Crippen LogP contribution in [0.15, 0.2) is 16.5 Å². The Balaban J connectivity index is 1.80. The Morgan fingerprint density at radius 2 is 2.07 bits per heavy atom. The third-order valence-corrected chi connectivity index (χ3v) is 4.17. The molecule has 0 bridgehead atoms. The van der Waals surface area contributed by atoms with E-state index in [4.69, 9.17) is 4.42 Å². The van der Waals surface area contributed by atoms with E-state index in [0.29, 0.717) is 31.1 Å². The van der Waals surface area contributed by atoms with Crippen molar-refractivity contribution >= 4 is 11.7 Å². The Morgan fingerprint density at radius 1 is 1.33 bits per heavy atom. The summed E-state index contributed by atoms with van der Waals surface area (Å²) >= 11 is 0. The van der Waals surface area contributed by atoms with Gasteiger partial charge < -0.3 is 19.3 Å². The molecule has 1 amide bonds. The first-order valence-electron chi connectivity index (χ1n) is 8.82. The SMILES string of the molecule is Cc1nc2c(c(N(C)C)n1)CCN(C(=O)c1ccc(C#CC(C)(C)O)o1)C2. The van der Waals surface area contributed by atoms with E-state index in [0.717, 1.165) is 17.1 Å². The number of hydrogen-bond acceptors (Lipinski definition) is 6. The number of rotatable bonds is 2. The molecule has 7 heteroatoms. The van der Waals surface area contributed by atoms with Crippen LogP contribution in [-0.2, 0) is 13.0 Å². The topological polar surface area (TPSA) is 82.7 Å². The van der Waals surface area contributed by atoms with E-state index < -0.39 is 5.60 Å². The molecule has 0 saturated carbocycles. The molecular formula is C20H24N4O3. The molecule has 0 aliphatic carbocycles. The van der Waals surface area contributed by atoms with Gasteiger partial charge in [0, 0.05) is 26.2 Å². The molecule has 1 aliphatic heterocycles. The summed E-state index contributed by atoms with van der Waals surface area (Å²) in [6.07, 6.45) is 0.695. The van der Waals surface area contributed by atoms with Gasteiger partial charge >= 0.3 is 0 Å². The highest BCUT2D eigenvalue weighted by atomic mass is 16.4. The highest BCUT2D eigenvalue weighted by Gasteiger charge is 2.27. The van der Waals surface area contributed by atoms with E-state index >= 15 is 0 Å². The molecular weight excluding hydrogens is 344 g/mol. The molecule has 1 N–H and O–H groups in total. The number of carbonyl (C=O) groups excluding carboxylic acids is 1. The molecule has 142 valence electrons. The minimum Gasteiger partial charge on any atom is -0.443 e. The van der Waals surface area contributed by atoms with Gasteiger partial charge in [0.25, 0.3) is 5.91 Å². The van der Waals surface area contributed by atoms with E-state index in [-0.39, 0.29) is 11.7 Å². The lowest BCUT2D eigenvalue weighted by Crippen LogP contribution is -2.37. The molecule has 1 aliphatic rings. The van der Waals surface area contributed by atoms with Crippen molar-refractivity contribution in [2.75, 3.05) is 25.5 Å². The van der Waals surface area contributed by atoms with Crippen molar-refractivity contribution in [3.8, 4) is 11.8 Å². The summed E-state index contributed by atoms with van der Waals surface area (Å²) in [4.78, 5) is 25.6. The smallest absolute Gasteiger partial charge is 0.289 e. The molecule has 0 spiro atoms. The molecule has 0 fully saturated rings. The predicted octanol–water partition coefficient (Wildman–Crippen LogP) is 1.76. The number of hydrogen-bond donors (Lipinski definition) is 1. The van der Waals surface area contributed by atoms with Gasteiger partial charge in [-0.25, -0.2) is 9.97 Å². The molecule has 0 atom stereocenters. The van der Waals surface area contributed by atoms with Crippen LogP contribution in [0.2, 0.25) is 0 Å². The van der Waals surface area contributed by atoms with Crippen molar-refractivity contribution in [1.82, 2.24) is 14.9 Å². The van der Waals surface area contributed by atoms with Crippen LogP contribution < -0.4 is 4.90 Å².